The van der Waals surface area contributed by atoms with Crippen LogP contribution in [0.4, 0.5) is 34.1 Å². The normalized spacial score (nSPS) is 12.3. The summed E-state index contributed by atoms with van der Waals surface area (Å²) >= 11 is 0. The number of aromatic nitrogens is 2. The maximum absolute atomic E-state index is 2.60. The van der Waals surface area contributed by atoms with Gasteiger partial charge in [-0.1, -0.05) is 210 Å². The van der Waals surface area contributed by atoms with E-state index in [0.717, 1.165) is 34.1 Å². The molecule has 13 aromatic carbocycles. The predicted octanol–water partition coefficient (Wildman–Crippen LogP) is 22.8. The quantitative estimate of drug-likeness (QED) is 0.136. The van der Waals surface area contributed by atoms with Crippen molar-refractivity contribution in [2.45, 2.75) is 39.5 Å². The van der Waals surface area contributed by atoms with Gasteiger partial charge < -0.3 is 18.6 Å². The largest absolute Gasteiger partial charge is 0.310 e. The Morgan fingerprint density at radius 2 is 0.619 bits per heavy atom. The van der Waals surface area contributed by atoms with Crippen LogP contribution in [-0.2, 0) is 0 Å². The van der Waals surface area contributed by atoms with Gasteiger partial charge in [-0.15, -0.1) is 0 Å². The molecule has 0 aliphatic carbocycles. The van der Waals surface area contributed by atoms with Gasteiger partial charge in [-0.05, 0) is 152 Å². The lowest BCUT2D eigenvalue weighted by Gasteiger charge is -2.27. The summed E-state index contributed by atoms with van der Waals surface area (Å²) in [6.45, 7) is 9.08. The predicted molar refractivity (Wildman–Crippen MR) is 359 cm³/mol. The van der Waals surface area contributed by atoms with Gasteiger partial charge in [-0.3, -0.25) is 0 Å². The molecule has 0 aliphatic rings. The first-order valence-corrected chi connectivity index (χ1v) is 29.6. The highest BCUT2D eigenvalue weighted by Gasteiger charge is 2.30. The van der Waals surface area contributed by atoms with Crippen LogP contribution in [0.25, 0.3) is 120 Å². The highest BCUT2D eigenvalue weighted by Crippen LogP contribution is 2.54. The Morgan fingerprint density at radius 1 is 0.262 bits per heavy atom. The summed E-state index contributed by atoms with van der Waals surface area (Å²) in [4.78, 5) is 4.97. The summed E-state index contributed by atoms with van der Waals surface area (Å²) in [5, 5.41) is 14.8. The van der Waals surface area contributed by atoms with Crippen molar-refractivity contribution in [3.05, 3.63) is 278 Å². The minimum atomic E-state index is 0.420. The van der Waals surface area contributed by atoms with E-state index in [1.165, 1.54) is 131 Å². The second-order valence-electron chi connectivity index (χ2n) is 23.6. The molecule has 0 spiro atoms. The summed E-state index contributed by atoms with van der Waals surface area (Å²) < 4.78 is 5.21. The molecule has 0 saturated heterocycles. The van der Waals surface area contributed by atoms with Crippen LogP contribution in [-0.4, -0.2) is 8.80 Å². The lowest BCUT2D eigenvalue weighted by Crippen LogP contribution is -2.10. The zero-order valence-electron chi connectivity index (χ0n) is 47.3. The molecule has 0 unspecified atom stereocenters. The van der Waals surface area contributed by atoms with Crippen LogP contribution in [0.5, 0.6) is 0 Å². The van der Waals surface area contributed by atoms with Crippen molar-refractivity contribution < 1.29 is 0 Å². The Morgan fingerprint density at radius 3 is 1.04 bits per heavy atom. The third-order valence-electron chi connectivity index (χ3n) is 18.3. The molecule has 0 atom stereocenters. The van der Waals surface area contributed by atoms with E-state index < -0.39 is 0 Å². The van der Waals surface area contributed by atoms with Gasteiger partial charge in [0.1, 0.15) is 0 Å². The lowest BCUT2D eigenvalue weighted by molar-refractivity contribution is 0.866. The number of nitrogens with zero attached hydrogens (tertiary/aromatic N) is 4. The fourth-order valence-electron chi connectivity index (χ4n) is 14.4. The molecule has 17 rings (SSSR count). The van der Waals surface area contributed by atoms with Crippen molar-refractivity contribution in [2.75, 3.05) is 9.80 Å². The Hall–Kier alpha value is -10.4. The van der Waals surface area contributed by atoms with Crippen molar-refractivity contribution in [2.24, 2.45) is 0 Å². The Kier molecular flexibility index (Phi) is 10.7. The molecular formula is C80H58N4. The lowest BCUT2D eigenvalue weighted by atomic mass is 9.93. The molecule has 4 nitrogen and oxygen atoms in total. The summed E-state index contributed by atoms with van der Waals surface area (Å²) in [5.41, 5.74) is 21.6. The molecular weight excluding hydrogens is 1020 g/mol. The van der Waals surface area contributed by atoms with E-state index in [2.05, 4.69) is 313 Å². The van der Waals surface area contributed by atoms with E-state index in [1.807, 2.05) is 0 Å². The average Bonchev–Trinajstić information content (AvgIpc) is 1.90. The summed E-state index contributed by atoms with van der Waals surface area (Å²) in [6.07, 6.45) is 0. The number of benzene rings is 13. The van der Waals surface area contributed by atoms with Crippen molar-refractivity contribution >= 4 is 132 Å². The first-order chi connectivity index (χ1) is 41.4. The topological polar surface area (TPSA) is 15.3 Å². The zero-order valence-corrected chi connectivity index (χ0v) is 47.3. The van der Waals surface area contributed by atoms with Crippen LogP contribution in [0.15, 0.2) is 267 Å². The van der Waals surface area contributed by atoms with Gasteiger partial charge in [0.25, 0.3) is 0 Å². The summed E-state index contributed by atoms with van der Waals surface area (Å²) in [6, 6.07) is 100. The maximum Gasteiger partial charge on any atom is 0.0641 e. The van der Waals surface area contributed by atoms with Crippen LogP contribution >= 0.6 is 0 Å². The van der Waals surface area contributed by atoms with Crippen molar-refractivity contribution in [3.63, 3.8) is 0 Å². The van der Waals surface area contributed by atoms with Crippen LogP contribution < -0.4 is 9.80 Å². The minimum absolute atomic E-state index is 0.420. The second-order valence-corrected chi connectivity index (χ2v) is 23.6. The number of fused-ring (bicyclic) bond motifs is 14. The van der Waals surface area contributed by atoms with E-state index in [4.69, 9.17) is 0 Å². The number of rotatable bonds is 10. The Bertz CT molecular complexity index is 5070. The Labute approximate surface area is 487 Å². The molecule has 84 heavy (non-hydrogen) atoms. The molecule has 0 radical (unpaired) electrons. The van der Waals surface area contributed by atoms with Crippen LogP contribution in [0, 0.1) is 0 Å². The molecule has 0 amide bonds. The van der Waals surface area contributed by atoms with E-state index in [-0.39, 0.29) is 0 Å². The van der Waals surface area contributed by atoms with Gasteiger partial charge in [-0.25, -0.2) is 0 Å². The SMILES string of the molecule is CC(C)c1ccc(N(c2ccccc2)c2ccc3c4cc5c(cc4n4c6cccc(-c7cccc8ccccc78)c6c2c34)c2ccc(N(c3ccccc3)c3ccc(C(C)C)cc3)c3c4c(-c6cccc7ccccc67)cccc4n5c23)cc1. The monoisotopic (exact) mass is 1070 g/mol. The highest BCUT2D eigenvalue weighted by molar-refractivity contribution is 6.35. The Balaban J connectivity index is 1.01. The molecule has 0 fully saturated rings. The maximum atomic E-state index is 2.60. The first kappa shape index (κ1) is 48.3. The average molecular weight is 1080 g/mol. The van der Waals surface area contributed by atoms with Crippen LogP contribution in [0.3, 0.4) is 0 Å². The van der Waals surface area contributed by atoms with Gasteiger partial charge in [0.05, 0.1) is 44.5 Å². The molecule has 4 aromatic heterocycles. The van der Waals surface area contributed by atoms with Gasteiger partial charge >= 0.3 is 0 Å². The molecule has 4 heterocycles. The van der Waals surface area contributed by atoms with Gasteiger partial charge in [0, 0.05) is 65.8 Å². The standard InChI is InChI=1S/C80H58N4/c1-49(2)51-35-39-57(40-36-51)81(55-23-7-5-8-24-55)71-45-43-65-67-47-74-68(48-73(67)83-69-33-17-31-63(75(69)77(71)79(65)83)61-29-15-21-53-19-11-13-27-59(53)61)66-44-46-72(82(56-25-9-6-10-26-56)58-41-37-52(38-42-58)50(3)4)78-76-64(32-18-34-70(76)84(74)80(66)78)62-30-16-22-54-20-12-14-28-60(54)62/h5-50H,1-4H3. The molecule has 0 bridgehead atoms. The summed E-state index contributed by atoms with van der Waals surface area (Å²) in [7, 11) is 0. The molecule has 17 aromatic rings. The number of hydrogen-bond donors (Lipinski definition) is 0. The van der Waals surface area contributed by atoms with Gasteiger partial charge in [-0.2, -0.15) is 0 Å². The third kappa shape index (κ3) is 7.01. The van der Waals surface area contributed by atoms with Crippen LogP contribution in [0.1, 0.15) is 50.7 Å². The van der Waals surface area contributed by atoms with Crippen molar-refractivity contribution in [3.8, 4) is 22.3 Å². The van der Waals surface area contributed by atoms with E-state index in [1.54, 1.807) is 0 Å². The molecule has 0 aliphatic heterocycles. The number of anilines is 6. The van der Waals surface area contributed by atoms with Gasteiger partial charge in [0.15, 0.2) is 0 Å². The molecule has 0 saturated carbocycles. The fraction of sp³-hybridized carbons (Fsp3) is 0.0750. The first-order valence-electron chi connectivity index (χ1n) is 29.6. The number of para-hydroxylation sites is 2. The number of hydrogen-bond acceptors (Lipinski definition) is 2. The second kappa shape index (κ2) is 18.6. The zero-order chi connectivity index (χ0) is 55.9. The summed E-state index contributed by atoms with van der Waals surface area (Å²) in [5.74, 6) is 0.839. The van der Waals surface area contributed by atoms with E-state index >= 15 is 0 Å². The fourth-order valence-corrected chi connectivity index (χ4v) is 14.4. The van der Waals surface area contributed by atoms with Gasteiger partial charge in [0.2, 0.25) is 0 Å². The van der Waals surface area contributed by atoms with E-state index in [0.29, 0.717) is 11.8 Å². The van der Waals surface area contributed by atoms with Crippen molar-refractivity contribution in [1.82, 2.24) is 8.80 Å². The van der Waals surface area contributed by atoms with Crippen LogP contribution in [0.2, 0.25) is 0 Å². The molecule has 0 N–H and O–H groups in total. The molecule has 398 valence electrons. The highest BCUT2D eigenvalue weighted by atomic mass is 15.2. The molecule has 4 heteroatoms. The smallest absolute Gasteiger partial charge is 0.0641 e. The van der Waals surface area contributed by atoms with E-state index in [9.17, 15) is 0 Å². The minimum Gasteiger partial charge on any atom is -0.310 e. The van der Waals surface area contributed by atoms with Crippen molar-refractivity contribution in [1.29, 1.82) is 0 Å². The third-order valence-corrected chi connectivity index (χ3v) is 18.3.